The number of benzene rings is 2. The molecule has 3 aromatic rings. The van der Waals surface area contributed by atoms with Crippen molar-refractivity contribution in [3.05, 3.63) is 59.8 Å². The maximum absolute atomic E-state index is 12.6. The highest BCUT2D eigenvalue weighted by Gasteiger charge is 2.17. The summed E-state index contributed by atoms with van der Waals surface area (Å²) in [6.45, 7) is 2.69. The van der Waals surface area contributed by atoms with Gasteiger partial charge in [0.1, 0.15) is 0 Å². The Morgan fingerprint density at radius 2 is 1.96 bits per heavy atom. The molecule has 0 radical (unpaired) electrons. The van der Waals surface area contributed by atoms with Gasteiger partial charge >= 0.3 is 0 Å². The van der Waals surface area contributed by atoms with Crippen LogP contribution in [0, 0.1) is 0 Å². The number of hydrogen-bond acceptors (Lipinski definition) is 3. The molecule has 5 heteroatoms. The molecule has 0 saturated heterocycles. The van der Waals surface area contributed by atoms with Gasteiger partial charge in [0.2, 0.25) is 0 Å². The highest BCUT2D eigenvalue weighted by Crippen LogP contribution is 2.21. The molecule has 4 rings (SSSR count). The fourth-order valence-corrected chi connectivity index (χ4v) is 3.07. The summed E-state index contributed by atoms with van der Waals surface area (Å²) in [5.41, 5.74) is 1.80. The Labute approximate surface area is 134 Å². The SMILES string of the molecule is CN1CCn2nc(NC(=O)c3cccc4ccccc34)cc2C1. The molecule has 1 aliphatic rings. The van der Waals surface area contributed by atoms with Gasteiger partial charge in [-0.3, -0.25) is 14.4 Å². The van der Waals surface area contributed by atoms with Crippen molar-refractivity contribution in [2.45, 2.75) is 13.1 Å². The van der Waals surface area contributed by atoms with Gasteiger partial charge in [0, 0.05) is 24.7 Å². The molecule has 0 aliphatic carbocycles. The average Bonchev–Trinajstić information content (AvgIpc) is 2.95. The second-order valence-electron chi connectivity index (χ2n) is 5.96. The number of carbonyl (C=O) groups is 1. The number of hydrogen-bond donors (Lipinski definition) is 1. The molecule has 2 heterocycles. The maximum atomic E-state index is 12.6. The molecule has 1 N–H and O–H groups in total. The molecule has 116 valence electrons. The van der Waals surface area contributed by atoms with Crippen LogP contribution in [0.1, 0.15) is 16.1 Å². The molecule has 0 saturated carbocycles. The monoisotopic (exact) mass is 306 g/mol. The first-order valence-electron chi connectivity index (χ1n) is 7.75. The van der Waals surface area contributed by atoms with E-state index in [4.69, 9.17) is 0 Å². The van der Waals surface area contributed by atoms with Crippen LogP contribution in [0.15, 0.2) is 48.5 Å². The van der Waals surface area contributed by atoms with E-state index in [0.717, 1.165) is 36.1 Å². The number of nitrogens with zero attached hydrogens (tertiary/aromatic N) is 3. The van der Waals surface area contributed by atoms with E-state index in [1.54, 1.807) is 0 Å². The zero-order chi connectivity index (χ0) is 15.8. The lowest BCUT2D eigenvalue weighted by atomic mass is 10.0. The van der Waals surface area contributed by atoms with Gasteiger partial charge in [-0.25, -0.2) is 0 Å². The first kappa shape index (κ1) is 14.0. The summed E-state index contributed by atoms with van der Waals surface area (Å²) in [6.07, 6.45) is 0. The molecular formula is C18H18N4O. The smallest absolute Gasteiger partial charge is 0.257 e. The van der Waals surface area contributed by atoms with Gasteiger partial charge in [-0.2, -0.15) is 5.10 Å². The summed E-state index contributed by atoms with van der Waals surface area (Å²) in [5.74, 6) is 0.499. The van der Waals surface area contributed by atoms with Gasteiger partial charge in [-0.15, -0.1) is 0 Å². The first-order chi connectivity index (χ1) is 11.2. The summed E-state index contributed by atoms with van der Waals surface area (Å²) in [5, 5.41) is 9.44. The molecule has 0 fully saturated rings. The Hall–Kier alpha value is -2.66. The molecule has 0 spiro atoms. The number of carbonyl (C=O) groups excluding carboxylic acids is 1. The van der Waals surface area contributed by atoms with E-state index < -0.39 is 0 Å². The summed E-state index contributed by atoms with van der Waals surface area (Å²) >= 11 is 0. The van der Waals surface area contributed by atoms with Gasteiger partial charge in [0.15, 0.2) is 5.82 Å². The first-order valence-corrected chi connectivity index (χ1v) is 7.75. The molecule has 23 heavy (non-hydrogen) atoms. The Bertz CT molecular complexity index is 878. The van der Waals surface area contributed by atoms with E-state index in [1.165, 1.54) is 0 Å². The fourth-order valence-electron chi connectivity index (χ4n) is 3.07. The van der Waals surface area contributed by atoms with Crippen molar-refractivity contribution in [3.63, 3.8) is 0 Å². The third-order valence-electron chi connectivity index (χ3n) is 4.26. The zero-order valence-corrected chi connectivity index (χ0v) is 13.0. The second kappa shape index (κ2) is 5.52. The number of likely N-dealkylation sites (N-methyl/N-ethyl adjacent to an activating group) is 1. The average molecular weight is 306 g/mol. The lowest BCUT2D eigenvalue weighted by Crippen LogP contribution is -2.30. The number of rotatable bonds is 2. The van der Waals surface area contributed by atoms with Crippen molar-refractivity contribution in [2.75, 3.05) is 18.9 Å². The minimum absolute atomic E-state index is 0.120. The highest BCUT2D eigenvalue weighted by atomic mass is 16.1. The normalized spacial score (nSPS) is 14.7. The maximum Gasteiger partial charge on any atom is 0.257 e. The molecule has 0 unspecified atom stereocenters. The van der Waals surface area contributed by atoms with Gasteiger partial charge in [-0.1, -0.05) is 36.4 Å². The molecule has 0 bridgehead atoms. The van der Waals surface area contributed by atoms with Crippen molar-refractivity contribution in [1.29, 1.82) is 0 Å². The summed E-state index contributed by atoms with van der Waals surface area (Å²) < 4.78 is 1.97. The summed E-state index contributed by atoms with van der Waals surface area (Å²) in [7, 11) is 2.09. The van der Waals surface area contributed by atoms with Crippen LogP contribution in [0.25, 0.3) is 10.8 Å². The zero-order valence-electron chi connectivity index (χ0n) is 13.0. The minimum atomic E-state index is -0.120. The predicted octanol–water partition coefficient (Wildman–Crippen LogP) is 2.73. The molecular weight excluding hydrogens is 288 g/mol. The Balaban J connectivity index is 1.63. The highest BCUT2D eigenvalue weighted by molar-refractivity contribution is 6.12. The number of anilines is 1. The molecule has 5 nitrogen and oxygen atoms in total. The quantitative estimate of drug-likeness (QED) is 0.792. The Morgan fingerprint density at radius 3 is 2.87 bits per heavy atom. The molecule has 1 amide bonds. The van der Waals surface area contributed by atoms with Crippen LogP contribution in [-0.4, -0.2) is 34.2 Å². The summed E-state index contributed by atoms with van der Waals surface area (Å²) in [4.78, 5) is 14.9. The Kier molecular flexibility index (Phi) is 3.35. The van der Waals surface area contributed by atoms with Crippen molar-refractivity contribution in [3.8, 4) is 0 Å². The van der Waals surface area contributed by atoms with Crippen molar-refractivity contribution >= 4 is 22.5 Å². The van der Waals surface area contributed by atoms with Crippen LogP contribution in [0.3, 0.4) is 0 Å². The largest absolute Gasteiger partial charge is 0.305 e. The van der Waals surface area contributed by atoms with E-state index in [-0.39, 0.29) is 5.91 Å². The standard InChI is InChI=1S/C18H18N4O/c1-21-9-10-22-14(12-21)11-17(20-22)19-18(23)16-8-4-6-13-5-2-3-7-15(13)16/h2-8,11H,9-10,12H2,1H3,(H,19,20,23). The minimum Gasteiger partial charge on any atom is -0.305 e. The predicted molar refractivity (Wildman–Crippen MR) is 90.5 cm³/mol. The third-order valence-corrected chi connectivity index (χ3v) is 4.26. The van der Waals surface area contributed by atoms with Crippen molar-refractivity contribution < 1.29 is 4.79 Å². The fraction of sp³-hybridized carbons (Fsp3) is 0.222. The topological polar surface area (TPSA) is 50.2 Å². The number of nitrogens with one attached hydrogen (secondary N) is 1. The van der Waals surface area contributed by atoms with Crippen LogP contribution < -0.4 is 5.32 Å². The number of fused-ring (bicyclic) bond motifs is 2. The molecule has 1 aliphatic heterocycles. The van der Waals surface area contributed by atoms with Crippen LogP contribution in [-0.2, 0) is 13.1 Å². The Morgan fingerprint density at radius 1 is 1.13 bits per heavy atom. The van der Waals surface area contributed by atoms with Crippen LogP contribution in [0.4, 0.5) is 5.82 Å². The van der Waals surface area contributed by atoms with Gasteiger partial charge in [0.05, 0.1) is 12.2 Å². The van der Waals surface area contributed by atoms with Crippen molar-refractivity contribution in [1.82, 2.24) is 14.7 Å². The molecule has 1 aromatic heterocycles. The van der Waals surface area contributed by atoms with Crippen LogP contribution in [0.5, 0.6) is 0 Å². The van der Waals surface area contributed by atoms with E-state index in [9.17, 15) is 4.79 Å². The van der Waals surface area contributed by atoms with Crippen LogP contribution >= 0.6 is 0 Å². The van der Waals surface area contributed by atoms with Crippen LogP contribution in [0.2, 0.25) is 0 Å². The van der Waals surface area contributed by atoms with Crippen molar-refractivity contribution in [2.24, 2.45) is 0 Å². The molecule has 2 aromatic carbocycles. The van der Waals surface area contributed by atoms with Gasteiger partial charge in [-0.05, 0) is 23.9 Å². The third kappa shape index (κ3) is 2.59. The molecule has 0 atom stereocenters. The summed E-state index contributed by atoms with van der Waals surface area (Å²) in [6, 6.07) is 15.6. The number of amides is 1. The lowest BCUT2D eigenvalue weighted by molar-refractivity contribution is 0.102. The van der Waals surface area contributed by atoms with Gasteiger partial charge in [0.25, 0.3) is 5.91 Å². The number of aromatic nitrogens is 2. The van der Waals surface area contributed by atoms with E-state index in [0.29, 0.717) is 11.4 Å². The van der Waals surface area contributed by atoms with E-state index >= 15 is 0 Å². The van der Waals surface area contributed by atoms with E-state index in [1.807, 2.05) is 53.2 Å². The van der Waals surface area contributed by atoms with E-state index in [2.05, 4.69) is 22.4 Å². The lowest BCUT2D eigenvalue weighted by Gasteiger charge is -2.22. The van der Waals surface area contributed by atoms with Gasteiger partial charge < -0.3 is 5.32 Å². The second-order valence-corrected chi connectivity index (χ2v) is 5.96.